The molecule has 2 fully saturated rings. The molecule has 1 amide bonds. The van der Waals surface area contributed by atoms with Crippen molar-refractivity contribution < 1.29 is 9.53 Å². The summed E-state index contributed by atoms with van der Waals surface area (Å²) in [4.78, 5) is 13.8. The average molecular weight is 197 g/mol. The van der Waals surface area contributed by atoms with Crippen LogP contribution < -0.4 is 0 Å². The first-order valence-corrected chi connectivity index (χ1v) is 5.59. The second kappa shape index (κ2) is 4.30. The predicted molar refractivity (Wildman–Crippen MR) is 53.9 cm³/mol. The van der Waals surface area contributed by atoms with Crippen LogP contribution in [0.5, 0.6) is 0 Å². The lowest BCUT2D eigenvalue weighted by atomic mass is 9.97. The Kier molecular flexibility index (Phi) is 3.06. The number of methoxy groups -OCH3 is 1. The maximum absolute atomic E-state index is 11.7. The van der Waals surface area contributed by atoms with E-state index in [0.717, 1.165) is 45.4 Å². The summed E-state index contributed by atoms with van der Waals surface area (Å²) in [6.07, 6.45) is 4.48. The van der Waals surface area contributed by atoms with Gasteiger partial charge in [-0.25, -0.2) is 0 Å². The van der Waals surface area contributed by atoms with Crippen molar-refractivity contribution in [2.24, 2.45) is 11.8 Å². The molecule has 1 saturated heterocycles. The molecule has 14 heavy (non-hydrogen) atoms. The number of ether oxygens (including phenoxy) is 1. The highest BCUT2D eigenvalue weighted by Crippen LogP contribution is 2.32. The summed E-state index contributed by atoms with van der Waals surface area (Å²) in [7, 11) is 1.75. The summed E-state index contributed by atoms with van der Waals surface area (Å²) in [5.74, 6) is 1.46. The molecule has 3 nitrogen and oxygen atoms in total. The van der Waals surface area contributed by atoms with E-state index in [9.17, 15) is 4.79 Å². The van der Waals surface area contributed by atoms with Crippen LogP contribution in [0.25, 0.3) is 0 Å². The van der Waals surface area contributed by atoms with Crippen molar-refractivity contribution >= 4 is 5.91 Å². The van der Waals surface area contributed by atoms with E-state index in [4.69, 9.17) is 4.74 Å². The second-order valence-corrected chi connectivity index (χ2v) is 4.50. The maximum Gasteiger partial charge on any atom is 0.225 e. The molecule has 0 aromatic carbocycles. The Morgan fingerprint density at radius 2 is 1.93 bits per heavy atom. The molecular weight excluding hydrogens is 178 g/mol. The number of carbonyl (C=O) groups excluding carboxylic acids is 1. The minimum Gasteiger partial charge on any atom is -0.384 e. The third-order valence-electron chi connectivity index (χ3n) is 3.26. The van der Waals surface area contributed by atoms with E-state index in [0.29, 0.717) is 17.7 Å². The third kappa shape index (κ3) is 2.27. The van der Waals surface area contributed by atoms with Gasteiger partial charge in [-0.2, -0.15) is 0 Å². The lowest BCUT2D eigenvalue weighted by Crippen LogP contribution is -2.40. The Morgan fingerprint density at radius 1 is 1.29 bits per heavy atom. The van der Waals surface area contributed by atoms with Crippen LogP contribution in [0.1, 0.15) is 25.7 Å². The molecule has 1 saturated carbocycles. The summed E-state index contributed by atoms with van der Waals surface area (Å²) in [5, 5.41) is 0. The molecule has 2 rings (SSSR count). The van der Waals surface area contributed by atoms with Crippen LogP contribution in [-0.4, -0.2) is 37.6 Å². The minimum absolute atomic E-state index is 0.383. The smallest absolute Gasteiger partial charge is 0.225 e. The predicted octanol–water partition coefficient (Wildman–Crippen LogP) is 1.28. The molecule has 0 atom stereocenters. The molecular formula is C11H19NO2. The number of likely N-dealkylation sites (tertiary alicyclic amines) is 1. The molecule has 0 radical (unpaired) electrons. The first-order chi connectivity index (χ1) is 6.81. The monoisotopic (exact) mass is 197 g/mol. The van der Waals surface area contributed by atoms with Crippen LogP contribution in [0.2, 0.25) is 0 Å². The van der Waals surface area contributed by atoms with Gasteiger partial charge in [0.1, 0.15) is 0 Å². The maximum atomic E-state index is 11.7. The second-order valence-electron chi connectivity index (χ2n) is 4.50. The number of hydrogen-bond donors (Lipinski definition) is 0. The lowest BCUT2D eigenvalue weighted by molar-refractivity contribution is -0.134. The molecule has 1 aliphatic heterocycles. The van der Waals surface area contributed by atoms with Crippen LogP contribution in [0.4, 0.5) is 0 Å². The van der Waals surface area contributed by atoms with Gasteiger partial charge in [-0.3, -0.25) is 4.79 Å². The Morgan fingerprint density at radius 3 is 2.43 bits per heavy atom. The molecule has 0 spiro atoms. The van der Waals surface area contributed by atoms with Gasteiger partial charge in [-0.05, 0) is 31.6 Å². The van der Waals surface area contributed by atoms with Crippen LogP contribution in [-0.2, 0) is 9.53 Å². The first kappa shape index (κ1) is 9.97. The van der Waals surface area contributed by atoms with Gasteiger partial charge in [0.05, 0.1) is 0 Å². The normalized spacial score (nSPS) is 23.9. The fraction of sp³-hybridized carbons (Fsp3) is 0.909. The van der Waals surface area contributed by atoms with Gasteiger partial charge in [-0.1, -0.05) is 0 Å². The molecule has 80 valence electrons. The summed E-state index contributed by atoms with van der Waals surface area (Å²) in [6, 6.07) is 0. The van der Waals surface area contributed by atoms with Gasteiger partial charge in [0.2, 0.25) is 5.91 Å². The van der Waals surface area contributed by atoms with Gasteiger partial charge in [-0.15, -0.1) is 0 Å². The van der Waals surface area contributed by atoms with E-state index >= 15 is 0 Å². The van der Waals surface area contributed by atoms with Crippen molar-refractivity contribution in [1.82, 2.24) is 4.90 Å². The van der Waals surface area contributed by atoms with Crippen LogP contribution in [0.15, 0.2) is 0 Å². The molecule has 0 aromatic heterocycles. The molecule has 0 bridgehead atoms. The SMILES string of the molecule is COCC1CCN(C(=O)C2CC2)CC1. The molecule has 3 heteroatoms. The summed E-state index contributed by atoms with van der Waals surface area (Å²) < 4.78 is 5.13. The quantitative estimate of drug-likeness (QED) is 0.682. The van der Waals surface area contributed by atoms with Crippen molar-refractivity contribution in [3.63, 3.8) is 0 Å². The largest absolute Gasteiger partial charge is 0.384 e. The van der Waals surface area contributed by atoms with E-state index in [-0.39, 0.29) is 0 Å². The zero-order chi connectivity index (χ0) is 9.97. The zero-order valence-corrected chi connectivity index (χ0v) is 8.87. The van der Waals surface area contributed by atoms with Gasteiger partial charge in [0, 0.05) is 32.7 Å². The van der Waals surface area contributed by atoms with Crippen molar-refractivity contribution in [1.29, 1.82) is 0 Å². The van der Waals surface area contributed by atoms with E-state index < -0.39 is 0 Å². The standard InChI is InChI=1S/C11H19NO2/c1-14-8-9-4-6-12(7-5-9)11(13)10-2-3-10/h9-10H,2-8H2,1H3. The van der Waals surface area contributed by atoms with Crippen molar-refractivity contribution in [3.8, 4) is 0 Å². The Balaban J connectivity index is 1.74. The van der Waals surface area contributed by atoms with Gasteiger partial charge in [0.25, 0.3) is 0 Å². The number of carbonyl (C=O) groups is 1. The van der Waals surface area contributed by atoms with E-state index in [1.54, 1.807) is 7.11 Å². The number of amides is 1. The van der Waals surface area contributed by atoms with E-state index in [1.165, 1.54) is 0 Å². The first-order valence-electron chi connectivity index (χ1n) is 5.59. The molecule has 2 aliphatic rings. The third-order valence-corrected chi connectivity index (χ3v) is 3.26. The van der Waals surface area contributed by atoms with Crippen molar-refractivity contribution in [3.05, 3.63) is 0 Å². The minimum atomic E-state index is 0.383. The fourth-order valence-corrected chi connectivity index (χ4v) is 2.14. The topological polar surface area (TPSA) is 29.5 Å². The molecule has 0 unspecified atom stereocenters. The van der Waals surface area contributed by atoms with E-state index in [1.807, 2.05) is 4.90 Å². The molecule has 1 heterocycles. The average Bonchev–Trinajstić information content (AvgIpc) is 3.02. The number of hydrogen-bond acceptors (Lipinski definition) is 2. The van der Waals surface area contributed by atoms with Crippen molar-refractivity contribution in [2.75, 3.05) is 26.8 Å². The molecule has 1 aliphatic carbocycles. The highest BCUT2D eigenvalue weighted by atomic mass is 16.5. The Hall–Kier alpha value is -0.570. The number of rotatable bonds is 3. The van der Waals surface area contributed by atoms with Crippen LogP contribution in [0.3, 0.4) is 0 Å². The Labute approximate surface area is 85.4 Å². The van der Waals surface area contributed by atoms with E-state index in [2.05, 4.69) is 0 Å². The fourth-order valence-electron chi connectivity index (χ4n) is 2.14. The van der Waals surface area contributed by atoms with Crippen molar-refractivity contribution in [2.45, 2.75) is 25.7 Å². The van der Waals surface area contributed by atoms with Crippen LogP contribution >= 0.6 is 0 Å². The molecule has 0 N–H and O–H groups in total. The van der Waals surface area contributed by atoms with Gasteiger partial charge in [0.15, 0.2) is 0 Å². The number of piperidine rings is 1. The molecule has 0 aromatic rings. The summed E-state index contributed by atoms with van der Waals surface area (Å²) >= 11 is 0. The number of nitrogens with zero attached hydrogens (tertiary/aromatic N) is 1. The summed E-state index contributed by atoms with van der Waals surface area (Å²) in [5.41, 5.74) is 0. The summed E-state index contributed by atoms with van der Waals surface area (Å²) in [6.45, 7) is 2.75. The zero-order valence-electron chi connectivity index (χ0n) is 8.87. The van der Waals surface area contributed by atoms with Gasteiger partial charge >= 0.3 is 0 Å². The van der Waals surface area contributed by atoms with Gasteiger partial charge < -0.3 is 9.64 Å². The Bertz CT molecular complexity index is 205. The lowest BCUT2D eigenvalue weighted by Gasteiger charge is -2.31. The highest BCUT2D eigenvalue weighted by Gasteiger charge is 2.34. The highest BCUT2D eigenvalue weighted by molar-refractivity contribution is 5.81. The van der Waals surface area contributed by atoms with Crippen LogP contribution in [0, 0.1) is 11.8 Å².